The van der Waals surface area contributed by atoms with Crippen molar-refractivity contribution in [1.82, 2.24) is 10.2 Å². The molecule has 1 atom stereocenters. The summed E-state index contributed by atoms with van der Waals surface area (Å²) in [6.07, 6.45) is 1.75. The Labute approximate surface area is 113 Å². The summed E-state index contributed by atoms with van der Waals surface area (Å²) in [5.74, 6) is -0.847. The maximum absolute atomic E-state index is 13.3. The van der Waals surface area contributed by atoms with Gasteiger partial charge in [-0.2, -0.15) is 0 Å². The van der Waals surface area contributed by atoms with Crippen molar-refractivity contribution in [3.8, 4) is 5.75 Å². The second kappa shape index (κ2) is 6.73. The van der Waals surface area contributed by atoms with E-state index < -0.39 is 5.82 Å². The van der Waals surface area contributed by atoms with Gasteiger partial charge >= 0.3 is 0 Å². The predicted molar refractivity (Wildman–Crippen MR) is 72.7 cm³/mol. The maximum atomic E-state index is 13.3. The van der Waals surface area contributed by atoms with Gasteiger partial charge in [0, 0.05) is 31.7 Å². The maximum Gasteiger partial charge on any atom is 0.165 e. The van der Waals surface area contributed by atoms with E-state index in [4.69, 9.17) is 0 Å². The highest BCUT2D eigenvalue weighted by Crippen LogP contribution is 2.31. The average molecular weight is 273 g/mol. The van der Waals surface area contributed by atoms with Crippen molar-refractivity contribution in [3.05, 3.63) is 42.2 Å². The number of para-hydroxylation sites is 1. The number of hydrogen-bond acceptors (Lipinski definition) is 3. The topological polar surface area (TPSA) is 35.5 Å². The van der Waals surface area contributed by atoms with Crippen LogP contribution in [0.15, 0.2) is 30.9 Å². The molecule has 0 amide bonds. The lowest BCUT2D eigenvalue weighted by molar-refractivity contribution is 0.200. The van der Waals surface area contributed by atoms with E-state index in [1.54, 1.807) is 18.2 Å². The Hall–Kier alpha value is -1.10. The van der Waals surface area contributed by atoms with E-state index in [-0.39, 0.29) is 24.2 Å². The van der Waals surface area contributed by atoms with Crippen molar-refractivity contribution in [1.29, 1.82) is 0 Å². The van der Waals surface area contributed by atoms with Gasteiger partial charge in [-0.1, -0.05) is 18.2 Å². The molecule has 0 aliphatic carbocycles. The molecule has 0 saturated carbocycles. The van der Waals surface area contributed by atoms with E-state index in [2.05, 4.69) is 16.8 Å². The standard InChI is InChI=1S/C13H17FN2O.ClH/c1-2-12(16-8-6-15-7-9-16)10-4-3-5-11(14)13(10)17;/h2-5,12,15,17H,1,6-9H2;1H/t12-;/m1./s1. The van der Waals surface area contributed by atoms with Gasteiger partial charge in [0.1, 0.15) is 0 Å². The van der Waals surface area contributed by atoms with E-state index in [0.717, 1.165) is 26.2 Å². The van der Waals surface area contributed by atoms with Crippen LogP contribution >= 0.6 is 12.4 Å². The molecule has 0 unspecified atom stereocenters. The van der Waals surface area contributed by atoms with Crippen LogP contribution < -0.4 is 5.32 Å². The Morgan fingerprint density at radius 2 is 2.06 bits per heavy atom. The molecule has 100 valence electrons. The predicted octanol–water partition coefficient (Wildman–Crippen LogP) is 2.09. The Bertz CT molecular complexity index is 408. The van der Waals surface area contributed by atoms with Crippen LogP contribution in [0.1, 0.15) is 11.6 Å². The lowest BCUT2D eigenvalue weighted by Gasteiger charge is -2.33. The summed E-state index contributed by atoms with van der Waals surface area (Å²) in [5, 5.41) is 13.0. The fourth-order valence-corrected chi connectivity index (χ4v) is 2.20. The number of benzene rings is 1. The summed E-state index contributed by atoms with van der Waals surface area (Å²) in [6, 6.07) is 4.49. The first-order valence-corrected chi connectivity index (χ1v) is 5.78. The lowest BCUT2D eigenvalue weighted by Crippen LogP contribution is -2.44. The molecule has 1 aliphatic rings. The van der Waals surface area contributed by atoms with Gasteiger partial charge in [0.15, 0.2) is 11.6 Å². The van der Waals surface area contributed by atoms with E-state index >= 15 is 0 Å². The van der Waals surface area contributed by atoms with Crippen molar-refractivity contribution in [2.45, 2.75) is 6.04 Å². The van der Waals surface area contributed by atoms with Gasteiger partial charge in [0.05, 0.1) is 6.04 Å². The van der Waals surface area contributed by atoms with Gasteiger partial charge in [0.2, 0.25) is 0 Å². The number of halogens is 2. The second-order valence-corrected chi connectivity index (χ2v) is 4.14. The summed E-state index contributed by atoms with van der Waals surface area (Å²) in [4.78, 5) is 2.18. The third-order valence-corrected chi connectivity index (χ3v) is 3.10. The van der Waals surface area contributed by atoms with Crippen LogP contribution in [0.25, 0.3) is 0 Å². The fourth-order valence-electron chi connectivity index (χ4n) is 2.20. The molecular weight excluding hydrogens is 255 g/mol. The van der Waals surface area contributed by atoms with Crippen molar-refractivity contribution in [2.75, 3.05) is 26.2 Å². The highest BCUT2D eigenvalue weighted by Gasteiger charge is 2.22. The minimum absolute atomic E-state index is 0. The molecule has 3 nitrogen and oxygen atoms in total. The van der Waals surface area contributed by atoms with Crippen molar-refractivity contribution in [2.24, 2.45) is 0 Å². The zero-order valence-corrected chi connectivity index (χ0v) is 10.9. The number of phenolic OH excluding ortho intramolecular Hbond substituents is 1. The van der Waals surface area contributed by atoms with Crippen LogP contribution in [-0.2, 0) is 0 Å². The molecule has 18 heavy (non-hydrogen) atoms. The van der Waals surface area contributed by atoms with Gasteiger partial charge < -0.3 is 10.4 Å². The zero-order chi connectivity index (χ0) is 12.3. The summed E-state index contributed by atoms with van der Waals surface area (Å²) in [5.41, 5.74) is 0.585. The largest absolute Gasteiger partial charge is 0.505 e. The zero-order valence-electron chi connectivity index (χ0n) is 10.1. The van der Waals surface area contributed by atoms with Crippen molar-refractivity contribution >= 4 is 12.4 Å². The van der Waals surface area contributed by atoms with Crippen LogP contribution in [0.3, 0.4) is 0 Å². The highest BCUT2D eigenvalue weighted by molar-refractivity contribution is 5.85. The van der Waals surface area contributed by atoms with E-state index in [0.29, 0.717) is 5.56 Å². The molecule has 5 heteroatoms. The smallest absolute Gasteiger partial charge is 0.165 e. The van der Waals surface area contributed by atoms with Gasteiger partial charge in [-0.05, 0) is 6.07 Å². The number of hydrogen-bond donors (Lipinski definition) is 2. The number of phenols is 1. The first kappa shape index (κ1) is 15.0. The van der Waals surface area contributed by atoms with Gasteiger partial charge in [-0.3, -0.25) is 4.90 Å². The molecule has 0 radical (unpaired) electrons. The molecule has 1 heterocycles. The van der Waals surface area contributed by atoms with Crippen LogP contribution in [0.4, 0.5) is 4.39 Å². The Morgan fingerprint density at radius 1 is 1.39 bits per heavy atom. The van der Waals surface area contributed by atoms with Gasteiger partial charge in [-0.25, -0.2) is 4.39 Å². The Balaban J connectivity index is 0.00000162. The van der Waals surface area contributed by atoms with Gasteiger partial charge in [-0.15, -0.1) is 19.0 Å². The summed E-state index contributed by atoms with van der Waals surface area (Å²) in [7, 11) is 0. The molecule has 0 spiro atoms. The van der Waals surface area contributed by atoms with Crippen molar-refractivity contribution < 1.29 is 9.50 Å². The van der Waals surface area contributed by atoms with Crippen LogP contribution in [0.5, 0.6) is 5.75 Å². The summed E-state index contributed by atoms with van der Waals surface area (Å²) >= 11 is 0. The molecule has 2 rings (SSSR count). The number of aromatic hydroxyl groups is 1. The molecule has 1 saturated heterocycles. The number of rotatable bonds is 3. The first-order chi connectivity index (χ1) is 8.24. The minimum Gasteiger partial charge on any atom is -0.505 e. The Kier molecular flexibility index (Phi) is 5.59. The first-order valence-electron chi connectivity index (χ1n) is 5.78. The third-order valence-electron chi connectivity index (χ3n) is 3.10. The lowest BCUT2D eigenvalue weighted by atomic mass is 10.0. The second-order valence-electron chi connectivity index (χ2n) is 4.14. The number of nitrogens with zero attached hydrogens (tertiary/aromatic N) is 1. The van der Waals surface area contributed by atoms with Crippen LogP contribution in [-0.4, -0.2) is 36.2 Å². The molecule has 1 fully saturated rings. The van der Waals surface area contributed by atoms with E-state index in [9.17, 15) is 9.50 Å². The molecule has 1 aromatic carbocycles. The SMILES string of the molecule is C=C[C@H](c1cccc(F)c1O)N1CCNCC1.Cl. The minimum atomic E-state index is -0.579. The summed E-state index contributed by atoms with van der Waals surface area (Å²) in [6.45, 7) is 7.33. The highest BCUT2D eigenvalue weighted by atomic mass is 35.5. The third kappa shape index (κ3) is 3.02. The molecule has 1 aliphatic heterocycles. The average Bonchev–Trinajstić information content (AvgIpc) is 2.37. The normalized spacial score (nSPS) is 17.8. The van der Waals surface area contributed by atoms with Crippen molar-refractivity contribution in [3.63, 3.8) is 0 Å². The van der Waals surface area contributed by atoms with E-state index in [1.807, 2.05) is 0 Å². The van der Waals surface area contributed by atoms with E-state index in [1.165, 1.54) is 6.07 Å². The molecule has 0 bridgehead atoms. The fraction of sp³-hybridized carbons (Fsp3) is 0.385. The molecule has 0 aromatic heterocycles. The van der Waals surface area contributed by atoms with Crippen LogP contribution in [0, 0.1) is 5.82 Å². The van der Waals surface area contributed by atoms with Gasteiger partial charge in [0.25, 0.3) is 0 Å². The summed E-state index contributed by atoms with van der Waals surface area (Å²) < 4.78 is 13.3. The molecule has 2 N–H and O–H groups in total. The van der Waals surface area contributed by atoms with Crippen LogP contribution in [0.2, 0.25) is 0 Å². The Morgan fingerprint density at radius 3 is 2.67 bits per heavy atom. The monoisotopic (exact) mass is 272 g/mol. The quantitative estimate of drug-likeness (QED) is 0.827. The number of nitrogens with one attached hydrogen (secondary N) is 1. The number of piperazine rings is 1. The molecule has 1 aromatic rings. The molecular formula is C13H18ClFN2O.